The van der Waals surface area contributed by atoms with Gasteiger partial charge in [0.1, 0.15) is 9.71 Å². The largest absolute Gasteiger partial charge is 0.477 e. The molecule has 136 valence electrons. The van der Waals surface area contributed by atoms with Gasteiger partial charge in [-0.2, -0.15) is 5.10 Å². The average Bonchev–Trinajstić information content (AvgIpc) is 3.32. The molecule has 0 saturated carbocycles. The van der Waals surface area contributed by atoms with Crippen LogP contribution in [0.3, 0.4) is 0 Å². The lowest BCUT2D eigenvalue weighted by atomic mass is 10.3. The molecule has 0 fully saturated rings. The Morgan fingerprint density at radius 3 is 2.63 bits per heavy atom. The summed E-state index contributed by atoms with van der Waals surface area (Å²) in [5.41, 5.74) is 1.54. The first-order valence-corrected chi connectivity index (χ1v) is 9.83. The van der Waals surface area contributed by atoms with Crippen molar-refractivity contribution in [3.05, 3.63) is 62.9 Å². The van der Waals surface area contributed by atoms with Gasteiger partial charge in [0.15, 0.2) is 0 Å². The summed E-state index contributed by atoms with van der Waals surface area (Å²) in [6.07, 6.45) is 0. The number of carboxylic acid groups (broad SMARTS) is 1. The Balaban J connectivity index is 1.69. The zero-order valence-corrected chi connectivity index (χ0v) is 16.3. The Bertz CT molecular complexity index is 1190. The molecule has 4 aromatic rings. The van der Waals surface area contributed by atoms with Crippen LogP contribution in [0.2, 0.25) is 5.02 Å². The fraction of sp³-hybridized carbons (Fsp3) is 0.0556. The van der Waals surface area contributed by atoms with E-state index >= 15 is 0 Å². The van der Waals surface area contributed by atoms with Crippen LogP contribution in [0.4, 0.5) is 5.00 Å². The first kappa shape index (κ1) is 17.7. The molecule has 3 aromatic heterocycles. The number of aryl methyl sites for hydroxylation is 1. The third kappa shape index (κ3) is 3.23. The first-order valence-electron chi connectivity index (χ1n) is 7.82. The maximum atomic E-state index is 12.6. The van der Waals surface area contributed by atoms with Gasteiger partial charge in [0.05, 0.1) is 26.3 Å². The maximum Gasteiger partial charge on any atom is 0.345 e. The number of aromatic carboxylic acids is 1. The number of amides is 1. The molecule has 27 heavy (non-hydrogen) atoms. The number of carboxylic acids is 1. The van der Waals surface area contributed by atoms with Crippen LogP contribution in [0.25, 0.3) is 15.9 Å². The fourth-order valence-electron chi connectivity index (χ4n) is 2.64. The SMILES string of the molecule is Cc1nn(-c2ccccc2Cl)c2sc(C(=O)Nc3ccc(C(=O)O)s3)cc12. The maximum absolute atomic E-state index is 12.6. The summed E-state index contributed by atoms with van der Waals surface area (Å²) in [5, 5.41) is 18.2. The molecule has 0 bridgehead atoms. The Hall–Kier alpha value is -2.68. The number of thiophene rings is 2. The number of halogens is 1. The summed E-state index contributed by atoms with van der Waals surface area (Å²) < 4.78 is 1.74. The molecule has 0 aliphatic heterocycles. The van der Waals surface area contributed by atoms with Gasteiger partial charge in [-0.3, -0.25) is 4.79 Å². The molecular weight excluding hydrogens is 406 g/mol. The molecule has 0 unspecified atom stereocenters. The lowest BCUT2D eigenvalue weighted by molar-refractivity contribution is 0.0702. The van der Waals surface area contributed by atoms with Gasteiger partial charge in [-0.15, -0.1) is 22.7 Å². The van der Waals surface area contributed by atoms with Crippen molar-refractivity contribution in [3.8, 4) is 5.69 Å². The molecule has 0 spiro atoms. The van der Waals surface area contributed by atoms with Gasteiger partial charge in [0.2, 0.25) is 0 Å². The molecule has 1 amide bonds. The van der Waals surface area contributed by atoms with E-state index in [4.69, 9.17) is 16.7 Å². The smallest absolute Gasteiger partial charge is 0.345 e. The standard InChI is InChI=1S/C18H12ClN3O3S2/c1-9-10-8-14(16(23)20-15-7-6-13(26-15)18(24)25)27-17(10)22(21-9)12-5-3-2-4-11(12)19/h2-8H,1H3,(H,20,23)(H,24,25). The molecule has 6 nitrogen and oxygen atoms in total. The van der Waals surface area contributed by atoms with E-state index in [1.807, 2.05) is 25.1 Å². The summed E-state index contributed by atoms with van der Waals surface area (Å²) in [5.74, 6) is -1.31. The van der Waals surface area contributed by atoms with E-state index in [2.05, 4.69) is 10.4 Å². The number of hydrogen-bond acceptors (Lipinski definition) is 5. The molecule has 0 saturated heterocycles. The van der Waals surface area contributed by atoms with E-state index in [9.17, 15) is 9.59 Å². The summed E-state index contributed by atoms with van der Waals surface area (Å²) in [6.45, 7) is 1.88. The number of rotatable bonds is 4. The second kappa shape index (κ2) is 6.80. The molecular formula is C18H12ClN3O3S2. The number of nitrogens with zero attached hydrogens (tertiary/aromatic N) is 2. The number of aromatic nitrogens is 2. The minimum atomic E-state index is -1.02. The highest BCUT2D eigenvalue weighted by Crippen LogP contribution is 2.33. The molecule has 0 aliphatic rings. The van der Waals surface area contributed by atoms with Gasteiger partial charge >= 0.3 is 5.97 Å². The predicted molar refractivity (Wildman–Crippen MR) is 108 cm³/mol. The number of anilines is 1. The van der Waals surface area contributed by atoms with E-state index in [1.54, 1.807) is 22.9 Å². The van der Waals surface area contributed by atoms with Crippen molar-refractivity contribution in [2.45, 2.75) is 6.92 Å². The monoisotopic (exact) mass is 417 g/mol. The summed E-state index contributed by atoms with van der Waals surface area (Å²) in [7, 11) is 0. The van der Waals surface area contributed by atoms with Crippen molar-refractivity contribution < 1.29 is 14.7 Å². The van der Waals surface area contributed by atoms with Gasteiger partial charge in [-0.1, -0.05) is 23.7 Å². The second-order valence-electron chi connectivity index (χ2n) is 5.70. The molecule has 3 heterocycles. The van der Waals surface area contributed by atoms with Crippen LogP contribution in [-0.4, -0.2) is 26.8 Å². The van der Waals surface area contributed by atoms with E-state index in [0.717, 1.165) is 32.9 Å². The quantitative estimate of drug-likeness (QED) is 0.486. The molecule has 0 aliphatic carbocycles. The van der Waals surface area contributed by atoms with Crippen LogP contribution in [0.15, 0.2) is 42.5 Å². The fourth-order valence-corrected chi connectivity index (χ4v) is 4.67. The Kier molecular flexibility index (Phi) is 4.47. The van der Waals surface area contributed by atoms with Gasteiger partial charge in [-0.05, 0) is 37.3 Å². The average molecular weight is 418 g/mol. The summed E-state index contributed by atoms with van der Waals surface area (Å²) in [4.78, 5) is 25.1. The number of nitrogens with one attached hydrogen (secondary N) is 1. The number of hydrogen-bond donors (Lipinski definition) is 2. The molecule has 1 aromatic carbocycles. The number of carbonyl (C=O) groups is 2. The molecule has 0 atom stereocenters. The minimum Gasteiger partial charge on any atom is -0.477 e. The van der Waals surface area contributed by atoms with Crippen molar-refractivity contribution in [1.29, 1.82) is 0 Å². The summed E-state index contributed by atoms with van der Waals surface area (Å²) >= 11 is 8.61. The number of benzene rings is 1. The molecule has 2 N–H and O–H groups in total. The minimum absolute atomic E-state index is 0.173. The highest BCUT2D eigenvalue weighted by molar-refractivity contribution is 7.21. The summed E-state index contributed by atoms with van der Waals surface area (Å²) in [6, 6.07) is 12.2. The van der Waals surface area contributed by atoms with Crippen molar-refractivity contribution in [3.63, 3.8) is 0 Å². The van der Waals surface area contributed by atoms with E-state index in [0.29, 0.717) is 14.9 Å². The van der Waals surface area contributed by atoms with Gasteiger partial charge in [0, 0.05) is 5.39 Å². The molecule has 0 radical (unpaired) electrons. The lowest BCUT2D eigenvalue weighted by Gasteiger charge is -2.04. The Morgan fingerprint density at radius 1 is 1.15 bits per heavy atom. The molecule has 4 rings (SSSR count). The van der Waals surface area contributed by atoms with E-state index < -0.39 is 5.97 Å². The van der Waals surface area contributed by atoms with Crippen molar-refractivity contribution in [2.75, 3.05) is 5.32 Å². The van der Waals surface area contributed by atoms with E-state index in [-0.39, 0.29) is 10.8 Å². The highest BCUT2D eigenvalue weighted by atomic mass is 35.5. The van der Waals surface area contributed by atoms with Crippen molar-refractivity contribution >= 4 is 61.4 Å². The van der Waals surface area contributed by atoms with Crippen LogP contribution in [-0.2, 0) is 0 Å². The van der Waals surface area contributed by atoms with Crippen LogP contribution >= 0.6 is 34.3 Å². The Morgan fingerprint density at radius 2 is 1.93 bits per heavy atom. The number of carbonyl (C=O) groups excluding carboxylic acids is 1. The third-order valence-corrected chi connectivity index (χ3v) is 6.32. The van der Waals surface area contributed by atoms with Crippen LogP contribution in [0, 0.1) is 6.92 Å². The van der Waals surface area contributed by atoms with Gasteiger partial charge in [-0.25, -0.2) is 9.48 Å². The lowest BCUT2D eigenvalue weighted by Crippen LogP contribution is -2.08. The third-order valence-electron chi connectivity index (χ3n) is 3.90. The molecule has 9 heteroatoms. The predicted octanol–water partition coefficient (Wildman–Crippen LogP) is 5.06. The Labute approximate surface area is 166 Å². The number of para-hydroxylation sites is 1. The van der Waals surface area contributed by atoms with Crippen LogP contribution in [0.1, 0.15) is 25.0 Å². The van der Waals surface area contributed by atoms with Crippen molar-refractivity contribution in [2.24, 2.45) is 0 Å². The van der Waals surface area contributed by atoms with Gasteiger partial charge in [0.25, 0.3) is 5.91 Å². The van der Waals surface area contributed by atoms with E-state index in [1.165, 1.54) is 17.4 Å². The second-order valence-corrected chi connectivity index (χ2v) is 8.22. The topological polar surface area (TPSA) is 84.2 Å². The first-order chi connectivity index (χ1) is 12.9. The normalized spacial score (nSPS) is 11.0. The van der Waals surface area contributed by atoms with Gasteiger partial charge < -0.3 is 10.4 Å². The zero-order chi connectivity index (χ0) is 19.1. The highest BCUT2D eigenvalue weighted by Gasteiger charge is 2.19. The number of fused-ring (bicyclic) bond motifs is 1. The van der Waals surface area contributed by atoms with Crippen molar-refractivity contribution in [1.82, 2.24) is 9.78 Å². The zero-order valence-electron chi connectivity index (χ0n) is 13.9. The van der Waals surface area contributed by atoms with Crippen LogP contribution in [0.5, 0.6) is 0 Å². The van der Waals surface area contributed by atoms with Crippen LogP contribution < -0.4 is 5.32 Å².